The Balaban J connectivity index is 8.52. The van der Waals surface area contributed by atoms with Crippen molar-refractivity contribution in [1.82, 2.24) is 0 Å². The fourth-order valence-electron chi connectivity index (χ4n) is 5.75. The third-order valence-electron chi connectivity index (χ3n) is 11.1. The van der Waals surface area contributed by atoms with Crippen molar-refractivity contribution in [1.29, 1.82) is 0 Å². The molecule has 0 aromatic carbocycles. The zero-order valence-electron chi connectivity index (χ0n) is 26.3. The van der Waals surface area contributed by atoms with Crippen LogP contribution in [0.25, 0.3) is 0 Å². The second-order valence-corrected chi connectivity index (χ2v) is 68.4. The van der Waals surface area contributed by atoms with Gasteiger partial charge < -0.3 is 0 Å². The van der Waals surface area contributed by atoms with Crippen molar-refractivity contribution in [2.75, 3.05) is 0 Å². The van der Waals surface area contributed by atoms with Gasteiger partial charge in [0.15, 0.2) is 0 Å². The molecule has 0 aliphatic heterocycles. The highest BCUT2D eigenvalue weighted by Crippen LogP contribution is 2.49. The van der Waals surface area contributed by atoms with E-state index in [2.05, 4.69) is 136 Å². The first kappa shape index (κ1) is 33.3. The second-order valence-electron chi connectivity index (χ2n) is 15.7. The highest BCUT2D eigenvalue weighted by atomic mass is 30.0. The molecule has 0 nitrogen and oxygen atoms in total. The van der Waals surface area contributed by atoms with E-state index in [0.29, 0.717) is 10.1 Å². The van der Waals surface area contributed by atoms with Crippen LogP contribution in [0.4, 0.5) is 0 Å². The van der Waals surface area contributed by atoms with Crippen molar-refractivity contribution in [3.63, 3.8) is 0 Å². The van der Waals surface area contributed by atoms with Gasteiger partial charge in [-0.15, -0.1) is 0 Å². The summed E-state index contributed by atoms with van der Waals surface area (Å²) in [4.78, 5) is 0. The number of hydrogen-bond donors (Lipinski definition) is 0. The lowest BCUT2D eigenvalue weighted by Gasteiger charge is -2.58. The summed E-state index contributed by atoms with van der Waals surface area (Å²) in [6, 6.07) is 0. The highest BCUT2D eigenvalue weighted by Gasteiger charge is 2.58. The van der Waals surface area contributed by atoms with Crippen LogP contribution < -0.4 is 0 Å². The van der Waals surface area contributed by atoms with E-state index in [1.807, 2.05) is 0 Å². The van der Waals surface area contributed by atoms with Crippen molar-refractivity contribution in [2.45, 2.75) is 168 Å². The quantitative estimate of drug-likeness (QED) is 0.266. The molecule has 0 aromatic heterocycles. The van der Waals surface area contributed by atoms with E-state index >= 15 is 0 Å². The molecule has 0 fully saturated rings. The smallest absolute Gasteiger partial charge is 0.0582 e. The first-order valence-corrected chi connectivity index (χ1v) is 32.8. The van der Waals surface area contributed by atoms with Crippen molar-refractivity contribution in [3.8, 4) is 0 Å². The van der Waals surface area contributed by atoms with Gasteiger partial charge in [0.1, 0.15) is 0 Å². The molecule has 0 heterocycles. The Morgan fingerprint density at radius 1 is 0.406 bits per heavy atom. The van der Waals surface area contributed by atoms with Crippen LogP contribution in [0.2, 0.25) is 71.5 Å². The van der Waals surface area contributed by atoms with Crippen LogP contribution in [0.15, 0.2) is 0 Å². The Bertz CT molecular complexity index is 595. The largest absolute Gasteiger partial charge is 0.0690 e. The van der Waals surface area contributed by atoms with Crippen LogP contribution in [0.3, 0.4) is 0 Å². The zero-order valence-corrected chi connectivity index (χ0v) is 32.3. The zero-order chi connectivity index (χ0) is 26.5. The van der Waals surface area contributed by atoms with Crippen LogP contribution in [-0.4, -0.2) is 44.2 Å². The molecule has 0 atom stereocenters. The minimum Gasteiger partial charge on any atom is -0.0690 e. The van der Waals surface area contributed by atoms with E-state index in [1.54, 1.807) is 0 Å². The average molecular weight is 545 g/mol. The van der Waals surface area contributed by atoms with Gasteiger partial charge in [-0.1, -0.05) is 158 Å². The Labute approximate surface area is 211 Å². The van der Waals surface area contributed by atoms with Crippen LogP contribution in [0, 0.1) is 0 Å². The molecule has 0 N–H and O–H groups in total. The Hall–Kier alpha value is 1.30. The first-order valence-electron chi connectivity index (χ1n) is 13.5. The fourth-order valence-corrected chi connectivity index (χ4v) is 186. The summed E-state index contributed by atoms with van der Waals surface area (Å²) in [5.41, 5.74) is 3.64. The van der Waals surface area contributed by atoms with Gasteiger partial charge in [-0.2, -0.15) is 0 Å². The minimum atomic E-state index is -1.47. The van der Waals surface area contributed by atoms with Gasteiger partial charge >= 0.3 is 0 Å². The van der Waals surface area contributed by atoms with Gasteiger partial charge in [-0.3, -0.25) is 0 Å². The maximum Gasteiger partial charge on any atom is 0.0582 e. The van der Waals surface area contributed by atoms with E-state index in [1.165, 1.54) is 0 Å². The molecular formula is C26H64Si6. The summed E-state index contributed by atoms with van der Waals surface area (Å²) in [6.45, 7) is 53.7. The van der Waals surface area contributed by atoms with Crippen molar-refractivity contribution in [2.24, 2.45) is 0 Å². The van der Waals surface area contributed by atoms with E-state index in [9.17, 15) is 0 Å². The maximum absolute atomic E-state index is 2.93. The molecule has 32 heavy (non-hydrogen) atoms. The van der Waals surface area contributed by atoms with E-state index in [0.717, 1.165) is 22.2 Å². The Kier molecular flexibility index (Phi) is 10.8. The Morgan fingerprint density at radius 2 is 0.562 bits per heavy atom. The molecule has 0 bridgehead atoms. The summed E-state index contributed by atoms with van der Waals surface area (Å²) in [6.07, 6.45) is 0. The summed E-state index contributed by atoms with van der Waals surface area (Å²) in [7, 11) is -5.85. The molecule has 192 valence electrons. The fraction of sp³-hybridized carbons (Fsp3) is 1.00. The van der Waals surface area contributed by atoms with Gasteiger partial charge in [-0.05, 0) is 23.9 Å². The van der Waals surface area contributed by atoms with Crippen molar-refractivity contribution >= 4 is 44.2 Å². The molecule has 6 heteroatoms. The lowest BCUT2D eigenvalue weighted by atomic mass is 10.2. The molecule has 0 aliphatic rings. The van der Waals surface area contributed by atoms with Crippen LogP contribution >= 0.6 is 0 Å². The average Bonchev–Trinajstić information content (AvgIpc) is 2.54. The van der Waals surface area contributed by atoms with E-state index < -0.39 is 44.2 Å². The third kappa shape index (κ3) is 5.65. The molecule has 0 aromatic rings. The molecule has 0 amide bonds. The lowest BCUT2D eigenvalue weighted by Crippen LogP contribution is -2.77. The monoisotopic (exact) mass is 544 g/mol. The molecule has 0 radical (unpaired) electrons. The topological polar surface area (TPSA) is 0 Å². The molecule has 0 rings (SSSR count). The molecule has 0 unspecified atom stereocenters. The highest BCUT2D eigenvalue weighted by molar-refractivity contribution is 7.84. The van der Waals surface area contributed by atoms with E-state index in [4.69, 9.17) is 0 Å². The lowest BCUT2D eigenvalue weighted by molar-refractivity contribution is 0.733. The summed E-state index contributed by atoms with van der Waals surface area (Å²) in [5, 5.41) is 1.00. The SMILES string of the molecule is CC(C)[Si](C)(C(C)C)/[Si](=[Si](/[Si](C)(C(C)C)C(C)C)[Si](C)(C)C(C)(C)C)[Si](C)(C)C(C)(C)C. The predicted octanol–water partition coefficient (Wildman–Crippen LogP) is 10.2. The predicted molar refractivity (Wildman–Crippen MR) is 170 cm³/mol. The van der Waals surface area contributed by atoms with Gasteiger partial charge in [-0.25, -0.2) is 0 Å². The first-order chi connectivity index (χ1) is 13.8. The van der Waals surface area contributed by atoms with Crippen LogP contribution in [-0.2, 0) is 0 Å². The third-order valence-corrected chi connectivity index (χ3v) is 120. The summed E-state index contributed by atoms with van der Waals surface area (Å²) < 4.78 is 0. The van der Waals surface area contributed by atoms with E-state index in [-0.39, 0.29) is 0 Å². The van der Waals surface area contributed by atoms with Gasteiger partial charge in [0.2, 0.25) is 0 Å². The summed E-state index contributed by atoms with van der Waals surface area (Å²) >= 11 is 0. The van der Waals surface area contributed by atoms with Crippen LogP contribution in [0.5, 0.6) is 0 Å². The normalized spacial score (nSPS) is 16.5. The van der Waals surface area contributed by atoms with Crippen LogP contribution in [0.1, 0.15) is 96.9 Å². The molecule has 0 saturated heterocycles. The van der Waals surface area contributed by atoms with Gasteiger partial charge in [0, 0.05) is 0 Å². The van der Waals surface area contributed by atoms with Crippen molar-refractivity contribution < 1.29 is 0 Å². The van der Waals surface area contributed by atoms with Gasteiger partial charge in [0.25, 0.3) is 0 Å². The Morgan fingerprint density at radius 3 is 0.656 bits per heavy atom. The second kappa shape index (κ2) is 10.3. The van der Waals surface area contributed by atoms with Gasteiger partial charge in [0.05, 0.1) is 30.4 Å². The molecular weight excluding hydrogens is 481 g/mol. The molecule has 0 spiro atoms. The molecule has 0 saturated carbocycles. The number of rotatable bonds is 8. The van der Waals surface area contributed by atoms with Crippen molar-refractivity contribution in [3.05, 3.63) is 0 Å². The molecule has 0 aliphatic carbocycles. The standard InChI is InChI=1S/C26H64Si6/c1-21(2)31(19,22(3)4)27(29(15,16)25(9,10)11)28(30(17,18)26(12,13)14)32(20,23(5)6)24(7)8/h21-24H,1-20H3/b28-27+. The minimum absolute atomic E-state index is 0.435. The maximum atomic E-state index is 2.93. The number of hydrogen-bond acceptors (Lipinski definition) is 0. The summed E-state index contributed by atoms with van der Waals surface area (Å²) in [5.74, 6) is 0.